The smallest absolute Gasteiger partial charge is 0.161 e. The molecule has 1 N–H and O–H groups in total. The maximum absolute atomic E-state index is 13.2. The molecule has 0 saturated heterocycles. The van der Waals surface area contributed by atoms with Crippen molar-refractivity contribution in [1.82, 2.24) is 0 Å². The fourth-order valence-corrected chi connectivity index (χ4v) is 2.35. The van der Waals surface area contributed by atoms with Crippen LogP contribution >= 0.6 is 0 Å². The minimum atomic E-state index is -0.730. The second-order valence-electron chi connectivity index (χ2n) is 4.91. The molecule has 21 heavy (non-hydrogen) atoms. The topological polar surface area (TPSA) is 38.7 Å². The summed E-state index contributed by atoms with van der Waals surface area (Å²) in [6, 6.07) is 9.83. The van der Waals surface area contributed by atoms with Crippen molar-refractivity contribution in [3.63, 3.8) is 0 Å². The van der Waals surface area contributed by atoms with Crippen LogP contribution in [0.3, 0.4) is 0 Å². The molecule has 2 aromatic rings. The van der Waals surface area contributed by atoms with Crippen LogP contribution in [0.2, 0.25) is 0 Å². The molecule has 0 aliphatic carbocycles. The second-order valence-corrected chi connectivity index (χ2v) is 4.91. The molecule has 0 radical (unpaired) electrons. The number of aryl methyl sites for hydroxylation is 1. The maximum Gasteiger partial charge on any atom is 0.161 e. The zero-order valence-corrected chi connectivity index (χ0v) is 12.4. The number of hydrogen-bond acceptors (Lipinski definition) is 3. The quantitative estimate of drug-likeness (QED) is 0.917. The van der Waals surface area contributed by atoms with E-state index in [1.54, 1.807) is 32.4 Å². The van der Waals surface area contributed by atoms with E-state index in [4.69, 9.17) is 9.47 Å². The monoisotopic (exact) mass is 290 g/mol. The molecule has 0 saturated carbocycles. The van der Waals surface area contributed by atoms with Gasteiger partial charge in [-0.2, -0.15) is 0 Å². The minimum Gasteiger partial charge on any atom is -0.493 e. The Morgan fingerprint density at radius 1 is 1.10 bits per heavy atom. The van der Waals surface area contributed by atoms with Gasteiger partial charge in [-0.25, -0.2) is 4.39 Å². The van der Waals surface area contributed by atoms with E-state index in [1.807, 2.05) is 13.0 Å². The molecular weight excluding hydrogens is 271 g/mol. The molecule has 1 atom stereocenters. The molecule has 0 amide bonds. The van der Waals surface area contributed by atoms with E-state index in [1.165, 1.54) is 12.1 Å². The highest BCUT2D eigenvalue weighted by Crippen LogP contribution is 2.33. The largest absolute Gasteiger partial charge is 0.493 e. The normalized spacial score (nSPS) is 12.0. The molecular formula is C17H19FO3. The summed E-state index contributed by atoms with van der Waals surface area (Å²) in [4.78, 5) is 0. The molecule has 2 rings (SSSR count). The summed E-state index contributed by atoms with van der Waals surface area (Å²) in [5.41, 5.74) is 2.39. The first-order chi connectivity index (χ1) is 10.0. The van der Waals surface area contributed by atoms with Crippen LogP contribution in [0.4, 0.5) is 4.39 Å². The molecule has 0 aliphatic rings. The van der Waals surface area contributed by atoms with Gasteiger partial charge >= 0.3 is 0 Å². The van der Waals surface area contributed by atoms with Crippen molar-refractivity contribution in [2.24, 2.45) is 0 Å². The summed E-state index contributed by atoms with van der Waals surface area (Å²) in [6.45, 7) is 1.89. The van der Waals surface area contributed by atoms with Crippen molar-refractivity contribution < 1.29 is 19.0 Å². The standard InChI is InChI=1S/C17H19FO3/c1-11-7-16(20-2)17(21-3)10-14(11)15(19)9-12-5-4-6-13(18)8-12/h4-8,10,15,19H,9H2,1-3H3. The van der Waals surface area contributed by atoms with Crippen LogP contribution in [-0.2, 0) is 6.42 Å². The van der Waals surface area contributed by atoms with Gasteiger partial charge in [-0.05, 0) is 47.9 Å². The fourth-order valence-electron chi connectivity index (χ4n) is 2.35. The van der Waals surface area contributed by atoms with Gasteiger partial charge in [0.05, 0.1) is 20.3 Å². The van der Waals surface area contributed by atoms with Gasteiger partial charge in [0.25, 0.3) is 0 Å². The first-order valence-corrected chi connectivity index (χ1v) is 6.70. The lowest BCUT2D eigenvalue weighted by molar-refractivity contribution is 0.177. The molecule has 1 unspecified atom stereocenters. The molecule has 0 heterocycles. The van der Waals surface area contributed by atoms with Crippen molar-refractivity contribution in [2.75, 3.05) is 14.2 Å². The van der Waals surface area contributed by atoms with Crippen LogP contribution in [-0.4, -0.2) is 19.3 Å². The van der Waals surface area contributed by atoms with Crippen LogP contribution in [0.5, 0.6) is 11.5 Å². The van der Waals surface area contributed by atoms with E-state index < -0.39 is 6.10 Å². The van der Waals surface area contributed by atoms with Crippen molar-refractivity contribution in [2.45, 2.75) is 19.4 Å². The van der Waals surface area contributed by atoms with E-state index in [-0.39, 0.29) is 5.82 Å². The molecule has 0 spiro atoms. The highest BCUT2D eigenvalue weighted by atomic mass is 19.1. The van der Waals surface area contributed by atoms with Gasteiger partial charge in [0, 0.05) is 6.42 Å². The van der Waals surface area contributed by atoms with E-state index in [9.17, 15) is 9.50 Å². The summed E-state index contributed by atoms with van der Waals surface area (Å²) in [7, 11) is 3.12. The number of benzene rings is 2. The number of halogens is 1. The number of methoxy groups -OCH3 is 2. The van der Waals surface area contributed by atoms with Crippen molar-refractivity contribution in [3.8, 4) is 11.5 Å². The van der Waals surface area contributed by atoms with Gasteiger partial charge in [0.2, 0.25) is 0 Å². The third kappa shape index (κ3) is 3.52. The van der Waals surface area contributed by atoms with Crippen molar-refractivity contribution in [1.29, 1.82) is 0 Å². The summed E-state index contributed by atoms with van der Waals surface area (Å²) in [5, 5.41) is 10.4. The highest BCUT2D eigenvalue weighted by molar-refractivity contribution is 5.48. The Kier molecular flexibility index (Phi) is 4.81. The summed E-state index contributed by atoms with van der Waals surface area (Å²) >= 11 is 0. The third-order valence-corrected chi connectivity index (χ3v) is 3.45. The molecule has 3 nitrogen and oxygen atoms in total. The van der Waals surface area contributed by atoms with Crippen LogP contribution in [0.15, 0.2) is 36.4 Å². The molecule has 0 bridgehead atoms. The average Bonchev–Trinajstić information content (AvgIpc) is 2.46. The Labute approximate surface area is 124 Å². The number of ether oxygens (including phenoxy) is 2. The van der Waals surface area contributed by atoms with E-state index in [2.05, 4.69) is 0 Å². The third-order valence-electron chi connectivity index (χ3n) is 3.45. The van der Waals surface area contributed by atoms with Crippen molar-refractivity contribution >= 4 is 0 Å². The zero-order valence-electron chi connectivity index (χ0n) is 12.4. The Bertz CT molecular complexity index is 625. The van der Waals surface area contributed by atoms with E-state index in [0.717, 1.165) is 16.7 Å². The predicted octanol–water partition coefficient (Wildman–Crippen LogP) is 3.43. The zero-order chi connectivity index (χ0) is 15.4. The van der Waals surface area contributed by atoms with E-state index in [0.29, 0.717) is 17.9 Å². The Balaban J connectivity index is 2.28. The molecule has 0 aliphatic heterocycles. The maximum atomic E-state index is 13.2. The lowest BCUT2D eigenvalue weighted by atomic mass is 9.97. The lowest BCUT2D eigenvalue weighted by Crippen LogP contribution is -2.05. The summed E-state index contributed by atoms with van der Waals surface area (Å²) in [5.74, 6) is 0.886. The van der Waals surface area contributed by atoms with Gasteiger partial charge in [0.1, 0.15) is 5.82 Å². The van der Waals surface area contributed by atoms with Crippen LogP contribution in [0.25, 0.3) is 0 Å². The Hall–Kier alpha value is -2.07. The first kappa shape index (κ1) is 15.3. The first-order valence-electron chi connectivity index (χ1n) is 6.70. The van der Waals surface area contributed by atoms with Crippen LogP contribution in [0.1, 0.15) is 22.8 Å². The fraction of sp³-hybridized carbons (Fsp3) is 0.294. The molecule has 112 valence electrons. The second kappa shape index (κ2) is 6.59. The van der Waals surface area contributed by atoms with Crippen LogP contribution in [0, 0.1) is 12.7 Å². The highest BCUT2D eigenvalue weighted by Gasteiger charge is 2.16. The number of rotatable bonds is 5. The summed E-state index contributed by atoms with van der Waals surface area (Å²) in [6.07, 6.45) is -0.389. The van der Waals surface area contributed by atoms with Gasteiger partial charge in [0.15, 0.2) is 11.5 Å². The van der Waals surface area contributed by atoms with Gasteiger partial charge in [-0.1, -0.05) is 12.1 Å². The van der Waals surface area contributed by atoms with E-state index >= 15 is 0 Å². The van der Waals surface area contributed by atoms with Gasteiger partial charge in [-0.15, -0.1) is 0 Å². The number of aliphatic hydroxyl groups excluding tert-OH is 1. The van der Waals surface area contributed by atoms with Gasteiger partial charge in [-0.3, -0.25) is 0 Å². The van der Waals surface area contributed by atoms with Crippen LogP contribution < -0.4 is 9.47 Å². The molecule has 2 aromatic carbocycles. The molecule has 4 heteroatoms. The predicted molar refractivity (Wildman–Crippen MR) is 79.3 cm³/mol. The Morgan fingerprint density at radius 2 is 1.76 bits per heavy atom. The number of hydrogen-bond donors (Lipinski definition) is 1. The lowest BCUT2D eigenvalue weighted by Gasteiger charge is -2.17. The Morgan fingerprint density at radius 3 is 2.38 bits per heavy atom. The molecule has 0 fully saturated rings. The SMILES string of the molecule is COc1cc(C)c(C(O)Cc2cccc(F)c2)cc1OC. The van der Waals surface area contributed by atoms with Crippen molar-refractivity contribution in [3.05, 3.63) is 58.9 Å². The minimum absolute atomic E-state index is 0.302. The molecule has 0 aromatic heterocycles. The van der Waals surface area contributed by atoms with Gasteiger partial charge < -0.3 is 14.6 Å². The summed E-state index contributed by atoms with van der Waals surface area (Å²) < 4.78 is 23.7. The average molecular weight is 290 g/mol. The number of aliphatic hydroxyl groups is 1.